The lowest BCUT2D eigenvalue weighted by Gasteiger charge is -2.61. The van der Waals surface area contributed by atoms with Crippen molar-refractivity contribution < 1.29 is 20.0 Å². The van der Waals surface area contributed by atoms with Gasteiger partial charge in [0, 0.05) is 0 Å². The quantitative estimate of drug-likeness (QED) is 0.457. The molecule has 0 aromatic rings. The zero-order chi connectivity index (χ0) is 17.1. The van der Waals surface area contributed by atoms with Crippen molar-refractivity contribution in [3.63, 3.8) is 0 Å². The van der Waals surface area contributed by atoms with Gasteiger partial charge in [0.25, 0.3) is 0 Å². The van der Waals surface area contributed by atoms with Crippen LogP contribution in [-0.2, 0) is 9.62 Å². The van der Waals surface area contributed by atoms with Crippen molar-refractivity contribution in [3.8, 4) is 0 Å². The highest BCUT2D eigenvalue weighted by Crippen LogP contribution is 2.63. The lowest BCUT2D eigenvalue weighted by molar-refractivity contribution is -0.275. The van der Waals surface area contributed by atoms with Gasteiger partial charge in [0.1, 0.15) is 5.60 Å². The summed E-state index contributed by atoms with van der Waals surface area (Å²) in [5.74, 6) is 0.945. The molecule has 0 amide bonds. The lowest BCUT2D eigenvalue weighted by Crippen LogP contribution is -2.57. The standard InChI is InChI=1S/C19H34O4/c1-16(2)9-6-10-17(3)13(16)7-11-18(4,20)14(17)8-12-19(5)15(22-19)23-21/h13-15,20-21H,6-12H2,1-5H3/t13?,14-,15-,17+,18-,19-/m1/s1. The molecule has 0 bridgehead atoms. The minimum absolute atomic E-state index is 0.185. The molecule has 0 aromatic heterocycles. The second-order valence-electron chi connectivity index (χ2n) is 9.76. The molecule has 2 saturated carbocycles. The summed E-state index contributed by atoms with van der Waals surface area (Å²) in [5, 5.41) is 19.9. The summed E-state index contributed by atoms with van der Waals surface area (Å²) in [7, 11) is 0. The largest absolute Gasteiger partial charge is 0.390 e. The maximum Gasteiger partial charge on any atom is 0.220 e. The molecular formula is C19H34O4. The summed E-state index contributed by atoms with van der Waals surface area (Å²) >= 11 is 0. The molecule has 1 unspecified atom stereocenters. The lowest BCUT2D eigenvalue weighted by atomic mass is 9.45. The highest BCUT2D eigenvalue weighted by Gasteiger charge is 2.60. The molecule has 4 nitrogen and oxygen atoms in total. The molecule has 1 aliphatic heterocycles. The van der Waals surface area contributed by atoms with E-state index in [-0.39, 0.29) is 11.3 Å². The molecule has 2 N–H and O–H groups in total. The number of epoxide rings is 1. The van der Waals surface area contributed by atoms with E-state index in [4.69, 9.17) is 9.99 Å². The summed E-state index contributed by atoms with van der Waals surface area (Å²) in [6, 6.07) is 0. The Kier molecular flexibility index (Phi) is 4.16. The third kappa shape index (κ3) is 2.86. The first-order valence-corrected chi connectivity index (χ1v) is 9.26. The Hall–Kier alpha value is -0.160. The van der Waals surface area contributed by atoms with Crippen LogP contribution >= 0.6 is 0 Å². The van der Waals surface area contributed by atoms with E-state index in [2.05, 4.69) is 25.7 Å². The normalized spacial score (nSPS) is 52.0. The van der Waals surface area contributed by atoms with Crippen LogP contribution in [0.25, 0.3) is 0 Å². The van der Waals surface area contributed by atoms with E-state index >= 15 is 0 Å². The van der Waals surface area contributed by atoms with Gasteiger partial charge in [0.2, 0.25) is 6.29 Å². The molecule has 1 heterocycles. The average molecular weight is 326 g/mol. The monoisotopic (exact) mass is 326 g/mol. The van der Waals surface area contributed by atoms with Crippen molar-refractivity contribution in [2.45, 2.75) is 97.1 Å². The summed E-state index contributed by atoms with van der Waals surface area (Å²) in [5.41, 5.74) is -0.458. The van der Waals surface area contributed by atoms with Crippen LogP contribution in [0.2, 0.25) is 0 Å². The molecule has 23 heavy (non-hydrogen) atoms. The Labute approximate surface area is 140 Å². The Morgan fingerprint density at radius 2 is 1.78 bits per heavy atom. The van der Waals surface area contributed by atoms with Crippen molar-refractivity contribution >= 4 is 0 Å². The van der Waals surface area contributed by atoms with Crippen molar-refractivity contribution in [1.29, 1.82) is 0 Å². The first-order chi connectivity index (χ1) is 10.6. The van der Waals surface area contributed by atoms with Crippen LogP contribution in [0, 0.1) is 22.7 Å². The van der Waals surface area contributed by atoms with Crippen molar-refractivity contribution in [2.24, 2.45) is 22.7 Å². The first kappa shape index (κ1) is 17.7. The summed E-state index contributed by atoms with van der Waals surface area (Å²) in [6.45, 7) is 11.2. The summed E-state index contributed by atoms with van der Waals surface area (Å²) in [6.07, 6.45) is 7.02. The van der Waals surface area contributed by atoms with E-state index < -0.39 is 17.5 Å². The average Bonchev–Trinajstić information content (AvgIpc) is 3.07. The van der Waals surface area contributed by atoms with Gasteiger partial charge >= 0.3 is 0 Å². The number of aliphatic hydroxyl groups is 1. The molecule has 3 rings (SSSR count). The van der Waals surface area contributed by atoms with Gasteiger partial charge in [0.05, 0.1) is 5.60 Å². The number of ether oxygens (including phenoxy) is 1. The van der Waals surface area contributed by atoms with Gasteiger partial charge in [-0.1, -0.05) is 27.2 Å². The molecular weight excluding hydrogens is 292 g/mol. The number of fused-ring (bicyclic) bond motifs is 1. The number of rotatable bonds is 4. The molecule has 1 saturated heterocycles. The fourth-order valence-electron chi connectivity index (χ4n) is 6.22. The van der Waals surface area contributed by atoms with E-state index in [1.165, 1.54) is 19.3 Å². The summed E-state index contributed by atoms with van der Waals surface area (Å²) < 4.78 is 5.47. The van der Waals surface area contributed by atoms with Gasteiger partial charge in [-0.2, -0.15) is 0 Å². The zero-order valence-electron chi connectivity index (χ0n) is 15.4. The molecule has 6 atom stereocenters. The van der Waals surface area contributed by atoms with Crippen LogP contribution < -0.4 is 0 Å². The molecule has 0 spiro atoms. The van der Waals surface area contributed by atoms with E-state index in [1.54, 1.807) is 0 Å². The molecule has 3 aliphatic rings. The van der Waals surface area contributed by atoms with Gasteiger partial charge in [-0.05, 0) is 75.0 Å². The van der Waals surface area contributed by atoms with Crippen molar-refractivity contribution in [1.82, 2.24) is 0 Å². The van der Waals surface area contributed by atoms with E-state index in [1.807, 2.05) is 13.8 Å². The van der Waals surface area contributed by atoms with Crippen LogP contribution in [0.1, 0.15) is 79.6 Å². The van der Waals surface area contributed by atoms with Gasteiger partial charge in [0.15, 0.2) is 0 Å². The smallest absolute Gasteiger partial charge is 0.220 e. The Morgan fingerprint density at radius 3 is 2.39 bits per heavy atom. The predicted molar refractivity (Wildman–Crippen MR) is 88.8 cm³/mol. The fraction of sp³-hybridized carbons (Fsp3) is 1.00. The van der Waals surface area contributed by atoms with Crippen LogP contribution in [0.3, 0.4) is 0 Å². The second kappa shape index (κ2) is 5.42. The SMILES string of the molecule is CC1(C)CCC[C@@]2(C)C1CC[C@@](C)(O)[C@@H]2CC[C@@]1(C)O[C@@H]1OO. The van der Waals surface area contributed by atoms with E-state index in [0.29, 0.717) is 11.3 Å². The third-order valence-electron chi connectivity index (χ3n) is 7.60. The van der Waals surface area contributed by atoms with E-state index in [0.717, 1.165) is 25.7 Å². The van der Waals surface area contributed by atoms with E-state index in [9.17, 15) is 5.11 Å². The van der Waals surface area contributed by atoms with Gasteiger partial charge in [-0.25, -0.2) is 10.1 Å². The number of hydrogen-bond donors (Lipinski definition) is 2. The molecule has 4 heteroatoms. The Balaban J connectivity index is 1.80. The zero-order valence-corrected chi connectivity index (χ0v) is 15.4. The second-order valence-corrected chi connectivity index (χ2v) is 9.76. The molecule has 2 aliphatic carbocycles. The molecule has 3 fully saturated rings. The highest BCUT2D eigenvalue weighted by atomic mass is 17.2. The molecule has 0 aromatic carbocycles. The topological polar surface area (TPSA) is 62.2 Å². The minimum Gasteiger partial charge on any atom is -0.390 e. The Bertz CT molecular complexity index is 460. The Morgan fingerprint density at radius 1 is 1.09 bits per heavy atom. The van der Waals surface area contributed by atoms with Crippen LogP contribution in [0.5, 0.6) is 0 Å². The van der Waals surface area contributed by atoms with Crippen molar-refractivity contribution in [2.75, 3.05) is 0 Å². The predicted octanol–water partition coefficient (Wildman–Crippen LogP) is 4.36. The summed E-state index contributed by atoms with van der Waals surface area (Å²) in [4.78, 5) is 4.35. The first-order valence-electron chi connectivity index (χ1n) is 9.26. The molecule has 0 radical (unpaired) electrons. The van der Waals surface area contributed by atoms with Gasteiger partial charge in [-0.15, -0.1) is 0 Å². The van der Waals surface area contributed by atoms with Crippen LogP contribution in [0.15, 0.2) is 0 Å². The molecule has 134 valence electrons. The van der Waals surface area contributed by atoms with Crippen molar-refractivity contribution in [3.05, 3.63) is 0 Å². The van der Waals surface area contributed by atoms with Gasteiger partial charge in [-0.3, -0.25) is 0 Å². The number of hydrogen-bond acceptors (Lipinski definition) is 4. The third-order valence-corrected chi connectivity index (χ3v) is 7.60. The maximum atomic E-state index is 11.1. The van der Waals surface area contributed by atoms with Crippen LogP contribution in [-0.4, -0.2) is 27.9 Å². The van der Waals surface area contributed by atoms with Crippen LogP contribution in [0.4, 0.5) is 0 Å². The highest BCUT2D eigenvalue weighted by molar-refractivity contribution is 5.08. The fourth-order valence-corrected chi connectivity index (χ4v) is 6.22. The maximum absolute atomic E-state index is 11.1. The minimum atomic E-state index is -0.612. The van der Waals surface area contributed by atoms with Gasteiger partial charge < -0.3 is 9.84 Å².